The summed E-state index contributed by atoms with van der Waals surface area (Å²) in [6, 6.07) is 8.33. The third kappa shape index (κ3) is 3.73. The first-order chi connectivity index (χ1) is 11.1. The topological polar surface area (TPSA) is 59.0 Å². The lowest BCUT2D eigenvalue weighted by Crippen LogP contribution is -2.40. The van der Waals surface area contributed by atoms with Crippen molar-refractivity contribution >= 4 is 11.7 Å². The zero-order chi connectivity index (χ0) is 16.2. The van der Waals surface area contributed by atoms with Crippen molar-refractivity contribution < 1.29 is 4.79 Å². The maximum atomic E-state index is 12.3. The molecule has 0 spiro atoms. The maximum absolute atomic E-state index is 12.3. The molecule has 2 amide bonds. The molecule has 2 N–H and O–H groups in total. The predicted molar refractivity (Wildman–Crippen MR) is 91.6 cm³/mol. The third-order valence-electron chi connectivity index (χ3n) is 4.51. The van der Waals surface area contributed by atoms with E-state index in [1.54, 1.807) is 6.20 Å². The number of rotatable bonds is 4. The number of anilines is 1. The average Bonchev–Trinajstić information content (AvgIpc) is 3.18. The van der Waals surface area contributed by atoms with Gasteiger partial charge in [-0.15, -0.1) is 0 Å². The first-order valence-electron chi connectivity index (χ1n) is 8.28. The van der Waals surface area contributed by atoms with E-state index in [2.05, 4.69) is 40.1 Å². The number of urea groups is 1. The Morgan fingerprint density at radius 2 is 2.22 bits per heavy atom. The number of benzene rings is 1. The van der Waals surface area contributed by atoms with E-state index in [4.69, 9.17) is 0 Å². The monoisotopic (exact) mass is 312 g/mol. The highest BCUT2D eigenvalue weighted by Crippen LogP contribution is 2.30. The van der Waals surface area contributed by atoms with Crippen LogP contribution in [-0.4, -0.2) is 21.6 Å². The second-order valence-electron chi connectivity index (χ2n) is 6.49. The highest BCUT2D eigenvalue weighted by molar-refractivity contribution is 5.89. The van der Waals surface area contributed by atoms with Gasteiger partial charge in [-0.3, -0.25) is 0 Å². The van der Waals surface area contributed by atoms with Crippen LogP contribution in [0.2, 0.25) is 0 Å². The van der Waals surface area contributed by atoms with Crippen LogP contribution in [-0.2, 0) is 0 Å². The lowest BCUT2D eigenvalue weighted by Gasteiger charge is -2.22. The van der Waals surface area contributed by atoms with Crippen molar-refractivity contribution in [3.63, 3.8) is 0 Å². The summed E-state index contributed by atoms with van der Waals surface area (Å²) in [5, 5.41) is 6.07. The van der Waals surface area contributed by atoms with E-state index in [-0.39, 0.29) is 12.1 Å². The number of carbonyl (C=O) groups excluding carboxylic acids is 1. The average molecular weight is 312 g/mol. The molecule has 0 unspecified atom stereocenters. The summed E-state index contributed by atoms with van der Waals surface area (Å²) in [5.41, 5.74) is 2.06. The fourth-order valence-electron chi connectivity index (χ4n) is 3.24. The van der Waals surface area contributed by atoms with Crippen molar-refractivity contribution in [1.82, 2.24) is 14.9 Å². The van der Waals surface area contributed by atoms with Crippen molar-refractivity contribution in [3.05, 3.63) is 48.5 Å². The van der Waals surface area contributed by atoms with Gasteiger partial charge in [0.2, 0.25) is 0 Å². The van der Waals surface area contributed by atoms with Gasteiger partial charge in [0.1, 0.15) is 0 Å². The van der Waals surface area contributed by atoms with Gasteiger partial charge in [-0.2, -0.15) is 0 Å². The van der Waals surface area contributed by atoms with Crippen LogP contribution in [0.5, 0.6) is 0 Å². The molecule has 0 bridgehead atoms. The van der Waals surface area contributed by atoms with Crippen molar-refractivity contribution in [2.75, 3.05) is 5.32 Å². The zero-order valence-corrected chi connectivity index (χ0v) is 13.7. The smallest absolute Gasteiger partial charge is 0.319 e. The molecule has 23 heavy (non-hydrogen) atoms. The molecule has 1 aliphatic rings. The van der Waals surface area contributed by atoms with Crippen LogP contribution >= 0.6 is 0 Å². The maximum Gasteiger partial charge on any atom is 0.319 e. The number of imidazole rings is 1. The molecule has 1 aliphatic carbocycles. The van der Waals surface area contributed by atoms with Crippen LogP contribution in [0.1, 0.15) is 50.6 Å². The minimum atomic E-state index is -0.136. The zero-order valence-electron chi connectivity index (χ0n) is 13.7. The summed E-state index contributed by atoms with van der Waals surface area (Å²) in [6.07, 6.45) is 8.78. The highest BCUT2D eigenvalue weighted by Gasteiger charge is 2.29. The largest absolute Gasteiger partial charge is 0.333 e. The summed E-state index contributed by atoms with van der Waals surface area (Å²) >= 11 is 0. The molecule has 1 aromatic carbocycles. The van der Waals surface area contributed by atoms with Gasteiger partial charge in [0.05, 0.1) is 18.4 Å². The van der Waals surface area contributed by atoms with E-state index in [0.717, 1.165) is 24.9 Å². The molecule has 1 aromatic heterocycles. The van der Waals surface area contributed by atoms with Gasteiger partial charge < -0.3 is 15.2 Å². The second-order valence-corrected chi connectivity index (χ2v) is 6.49. The Hall–Kier alpha value is -2.30. The Balaban J connectivity index is 1.62. The Labute approximate surface area is 137 Å². The minimum absolute atomic E-state index is 0.136. The third-order valence-corrected chi connectivity index (χ3v) is 4.51. The molecule has 0 saturated heterocycles. The molecule has 0 radical (unpaired) electrons. The van der Waals surface area contributed by atoms with Crippen LogP contribution < -0.4 is 10.6 Å². The molecule has 5 nitrogen and oxygen atoms in total. The molecular formula is C18H24N4O. The van der Waals surface area contributed by atoms with Crippen LogP contribution in [0.25, 0.3) is 0 Å². The van der Waals surface area contributed by atoms with E-state index in [9.17, 15) is 4.79 Å². The fourth-order valence-corrected chi connectivity index (χ4v) is 3.24. The normalized spacial score (nSPS) is 20.7. The van der Waals surface area contributed by atoms with E-state index in [1.165, 1.54) is 5.56 Å². The van der Waals surface area contributed by atoms with E-state index < -0.39 is 0 Å². The number of carbonyl (C=O) groups is 1. The van der Waals surface area contributed by atoms with Gasteiger partial charge in [-0.05, 0) is 42.9 Å². The Kier molecular flexibility index (Phi) is 4.65. The van der Waals surface area contributed by atoms with Gasteiger partial charge in [0.15, 0.2) is 0 Å². The number of nitrogens with zero attached hydrogens (tertiary/aromatic N) is 2. The Morgan fingerprint density at radius 1 is 1.35 bits per heavy atom. The minimum Gasteiger partial charge on any atom is -0.333 e. The standard InChI is InChI=1S/C18H24N4O/c1-13(2)14-5-3-6-15(11-14)20-18(23)21-16-7-4-8-17(16)22-10-9-19-12-22/h3,5-6,9-13,16-17H,4,7-8H2,1-2H3,(H2,20,21,23)/t16-,17+/m0/s1. The summed E-state index contributed by atoms with van der Waals surface area (Å²) in [5.74, 6) is 0.445. The molecule has 2 atom stereocenters. The number of hydrogen-bond acceptors (Lipinski definition) is 2. The van der Waals surface area contributed by atoms with Crippen LogP contribution in [0.15, 0.2) is 43.0 Å². The molecule has 1 saturated carbocycles. The van der Waals surface area contributed by atoms with E-state index in [0.29, 0.717) is 12.0 Å². The number of nitrogens with one attached hydrogen (secondary N) is 2. The predicted octanol–water partition coefficient (Wildman–Crippen LogP) is 3.92. The van der Waals surface area contributed by atoms with E-state index in [1.807, 2.05) is 30.7 Å². The SMILES string of the molecule is CC(C)c1cccc(NC(=O)N[C@H]2CCC[C@H]2n2ccnc2)c1. The van der Waals surface area contributed by atoms with Crippen molar-refractivity contribution in [2.24, 2.45) is 0 Å². The van der Waals surface area contributed by atoms with Crippen molar-refractivity contribution in [3.8, 4) is 0 Å². The lowest BCUT2D eigenvalue weighted by molar-refractivity contribution is 0.245. The van der Waals surface area contributed by atoms with Gasteiger partial charge in [0, 0.05) is 18.1 Å². The van der Waals surface area contributed by atoms with Crippen LogP contribution in [0.3, 0.4) is 0 Å². The van der Waals surface area contributed by atoms with Gasteiger partial charge in [-0.25, -0.2) is 9.78 Å². The van der Waals surface area contributed by atoms with Crippen molar-refractivity contribution in [1.29, 1.82) is 0 Å². The molecule has 0 aliphatic heterocycles. The van der Waals surface area contributed by atoms with Crippen LogP contribution in [0.4, 0.5) is 10.5 Å². The first-order valence-corrected chi connectivity index (χ1v) is 8.28. The molecule has 2 aromatic rings. The molecule has 1 fully saturated rings. The lowest BCUT2D eigenvalue weighted by atomic mass is 10.0. The number of aromatic nitrogens is 2. The summed E-state index contributed by atoms with van der Waals surface area (Å²) in [7, 11) is 0. The number of hydrogen-bond donors (Lipinski definition) is 2. The molecule has 122 valence electrons. The quantitative estimate of drug-likeness (QED) is 0.899. The molecule has 5 heteroatoms. The summed E-state index contributed by atoms with van der Waals surface area (Å²) in [4.78, 5) is 16.4. The van der Waals surface area contributed by atoms with Crippen molar-refractivity contribution in [2.45, 2.75) is 51.1 Å². The van der Waals surface area contributed by atoms with E-state index >= 15 is 0 Å². The molecule has 1 heterocycles. The van der Waals surface area contributed by atoms with Gasteiger partial charge in [0.25, 0.3) is 0 Å². The summed E-state index contributed by atoms with van der Waals surface area (Å²) in [6.45, 7) is 4.29. The Morgan fingerprint density at radius 3 is 2.96 bits per heavy atom. The highest BCUT2D eigenvalue weighted by atomic mass is 16.2. The molecule has 3 rings (SSSR count). The summed E-state index contributed by atoms with van der Waals surface area (Å²) < 4.78 is 2.09. The number of amides is 2. The fraction of sp³-hybridized carbons (Fsp3) is 0.444. The Bertz CT molecular complexity index is 651. The first kappa shape index (κ1) is 15.6. The molecular weight excluding hydrogens is 288 g/mol. The van der Waals surface area contributed by atoms with Gasteiger partial charge >= 0.3 is 6.03 Å². The second kappa shape index (κ2) is 6.86. The van der Waals surface area contributed by atoms with Gasteiger partial charge in [-0.1, -0.05) is 26.0 Å². The van der Waals surface area contributed by atoms with Crippen LogP contribution in [0, 0.1) is 0 Å².